The number of hydrogen-bond acceptors (Lipinski definition) is 3. The molecular weight excluding hydrogens is 291 g/mol. The molecular formula is C12H18ClFN2O2S. The molecule has 1 aliphatic rings. The summed E-state index contributed by atoms with van der Waals surface area (Å²) in [6.45, 7) is 1.61. The predicted molar refractivity (Wildman–Crippen MR) is 75.3 cm³/mol. The van der Waals surface area contributed by atoms with Crippen molar-refractivity contribution in [1.29, 1.82) is 0 Å². The van der Waals surface area contributed by atoms with E-state index in [1.807, 2.05) is 0 Å². The van der Waals surface area contributed by atoms with Crippen LogP contribution >= 0.6 is 12.4 Å². The van der Waals surface area contributed by atoms with Crippen molar-refractivity contribution in [3.8, 4) is 0 Å². The maximum absolute atomic E-state index is 12.7. The highest BCUT2D eigenvalue weighted by atomic mass is 35.5. The third-order valence-electron chi connectivity index (χ3n) is 2.91. The minimum absolute atomic E-state index is 0. The lowest BCUT2D eigenvalue weighted by atomic mass is 10.1. The Labute approximate surface area is 119 Å². The topological polar surface area (TPSA) is 58.2 Å². The van der Waals surface area contributed by atoms with Crippen LogP contribution in [0, 0.1) is 5.82 Å². The van der Waals surface area contributed by atoms with Crippen molar-refractivity contribution in [3.05, 3.63) is 35.6 Å². The minimum atomic E-state index is -3.36. The van der Waals surface area contributed by atoms with Gasteiger partial charge in [-0.25, -0.2) is 17.5 Å². The Morgan fingerprint density at radius 2 is 2.00 bits per heavy atom. The largest absolute Gasteiger partial charge is 0.315 e. The summed E-state index contributed by atoms with van der Waals surface area (Å²) in [6, 6.07) is 5.49. The Hall–Kier alpha value is -0.690. The van der Waals surface area contributed by atoms with E-state index >= 15 is 0 Å². The number of benzene rings is 1. The molecule has 1 unspecified atom stereocenters. The molecule has 19 heavy (non-hydrogen) atoms. The molecule has 0 radical (unpaired) electrons. The second-order valence-corrected chi connectivity index (χ2v) is 6.30. The summed E-state index contributed by atoms with van der Waals surface area (Å²) in [5.41, 5.74) is 0.590. The molecule has 4 nitrogen and oxygen atoms in total. The van der Waals surface area contributed by atoms with Crippen molar-refractivity contribution in [3.63, 3.8) is 0 Å². The van der Waals surface area contributed by atoms with Crippen molar-refractivity contribution < 1.29 is 12.8 Å². The molecule has 0 amide bonds. The van der Waals surface area contributed by atoms with Gasteiger partial charge in [-0.15, -0.1) is 12.4 Å². The molecule has 2 rings (SSSR count). The molecule has 2 N–H and O–H groups in total. The molecule has 1 saturated heterocycles. The summed E-state index contributed by atoms with van der Waals surface area (Å²) in [7, 11) is -3.36. The Kier molecular flexibility index (Phi) is 6.19. The average Bonchev–Trinajstić information content (AvgIpc) is 2.32. The number of hydrogen-bond donors (Lipinski definition) is 2. The van der Waals surface area contributed by atoms with Crippen LogP contribution < -0.4 is 10.0 Å². The molecule has 1 aromatic carbocycles. The van der Waals surface area contributed by atoms with Gasteiger partial charge < -0.3 is 5.32 Å². The smallest absolute Gasteiger partial charge is 0.216 e. The van der Waals surface area contributed by atoms with Crippen LogP contribution in [-0.4, -0.2) is 27.5 Å². The molecule has 0 aliphatic carbocycles. The third kappa shape index (κ3) is 5.44. The van der Waals surface area contributed by atoms with Crippen molar-refractivity contribution in [2.24, 2.45) is 0 Å². The van der Waals surface area contributed by atoms with Crippen LogP contribution in [0.3, 0.4) is 0 Å². The molecule has 0 aromatic heterocycles. The van der Waals surface area contributed by atoms with Gasteiger partial charge in [-0.2, -0.15) is 0 Å². The van der Waals surface area contributed by atoms with Crippen LogP contribution in [0.5, 0.6) is 0 Å². The summed E-state index contributed by atoms with van der Waals surface area (Å²) in [5.74, 6) is -0.468. The highest BCUT2D eigenvalue weighted by Crippen LogP contribution is 2.09. The van der Waals surface area contributed by atoms with Crippen molar-refractivity contribution in [2.45, 2.75) is 24.6 Å². The molecule has 108 valence electrons. The molecule has 1 atom stereocenters. The fourth-order valence-corrected chi connectivity index (χ4v) is 3.47. The molecule has 0 saturated carbocycles. The van der Waals surface area contributed by atoms with E-state index < -0.39 is 10.0 Å². The molecule has 1 aromatic rings. The van der Waals surface area contributed by atoms with Crippen LogP contribution in [0.15, 0.2) is 24.3 Å². The Balaban J connectivity index is 0.00000180. The fourth-order valence-electron chi connectivity index (χ4n) is 2.05. The van der Waals surface area contributed by atoms with Crippen LogP contribution in [0.2, 0.25) is 0 Å². The SMILES string of the molecule is Cl.O=S(=O)(Cc1ccc(F)cc1)NC1CCCNC1. The Morgan fingerprint density at radius 3 is 2.58 bits per heavy atom. The monoisotopic (exact) mass is 308 g/mol. The average molecular weight is 309 g/mol. The summed E-state index contributed by atoms with van der Waals surface area (Å²) >= 11 is 0. The second-order valence-electron chi connectivity index (χ2n) is 4.55. The highest BCUT2D eigenvalue weighted by Gasteiger charge is 2.20. The molecule has 1 aliphatic heterocycles. The van der Waals surface area contributed by atoms with Crippen molar-refractivity contribution in [1.82, 2.24) is 10.0 Å². The lowest BCUT2D eigenvalue weighted by Gasteiger charge is -2.23. The van der Waals surface area contributed by atoms with E-state index in [-0.39, 0.29) is 30.0 Å². The van der Waals surface area contributed by atoms with Crippen LogP contribution in [0.1, 0.15) is 18.4 Å². The second kappa shape index (κ2) is 7.19. The minimum Gasteiger partial charge on any atom is -0.315 e. The number of nitrogens with one attached hydrogen (secondary N) is 2. The standard InChI is InChI=1S/C12H17FN2O2S.ClH/c13-11-5-3-10(4-6-11)9-18(16,17)15-12-2-1-7-14-8-12;/h3-6,12,14-15H,1-2,7-9H2;1H. The third-order valence-corrected chi connectivity index (χ3v) is 4.32. The molecule has 7 heteroatoms. The van der Waals surface area contributed by atoms with Crippen molar-refractivity contribution >= 4 is 22.4 Å². The van der Waals surface area contributed by atoms with Gasteiger partial charge in [0.15, 0.2) is 0 Å². The van der Waals surface area contributed by atoms with Crippen LogP contribution in [-0.2, 0) is 15.8 Å². The lowest BCUT2D eigenvalue weighted by Crippen LogP contribution is -2.45. The normalized spacial score (nSPS) is 19.7. The van der Waals surface area contributed by atoms with Gasteiger partial charge in [0.2, 0.25) is 10.0 Å². The summed E-state index contributed by atoms with van der Waals surface area (Å²) in [5, 5.41) is 3.15. The number of sulfonamides is 1. The zero-order chi connectivity index (χ0) is 13.0. The first-order valence-electron chi connectivity index (χ1n) is 6.00. The highest BCUT2D eigenvalue weighted by molar-refractivity contribution is 7.88. The van der Waals surface area contributed by atoms with Crippen LogP contribution in [0.25, 0.3) is 0 Å². The van der Waals surface area contributed by atoms with Gasteiger partial charge in [-0.1, -0.05) is 12.1 Å². The molecule has 1 heterocycles. The van der Waals surface area contributed by atoms with Gasteiger partial charge in [0.1, 0.15) is 5.82 Å². The number of piperidine rings is 1. The van der Waals surface area contributed by atoms with E-state index in [1.54, 1.807) is 0 Å². The summed E-state index contributed by atoms with van der Waals surface area (Å²) in [4.78, 5) is 0. The number of rotatable bonds is 4. The van der Waals surface area contributed by atoms with E-state index in [0.29, 0.717) is 12.1 Å². The van der Waals surface area contributed by atoms with Crippen molar-refractivity contribution in [2.75, 3.05) is 13.1 Å². The lowest BCUT2D eigenvalue weighted by molar-refractivity contribution is 0.428. The fraction of sp³-hybridized carbons (Fsp3) is 0.500. The van der Waals surface area contributed by atoms with E-state index in [9.17, 15) is 12.8 Å². The quantitative estimate of drug-likeness (QED) is 0.884. The zero-order valence-corrected chi connectivity index (χ0v) is 12.1. The summed E-state index contributed by atoms with van der Waals surface area (Å²) in [6.07, 6.45) is 1.83. The zero-order valence-electron chi connectivity index (χ0n) is 10.4. The van der Waals surface area contributed by atoms with E-state index in [1.165, 1.54) is 24.3 Å². The molecule has 0 spiro atoms. The Morgan fingerprint density at radius 1 is 1.32 bits per heavy atom. The van der Waals surface area contributed by atoms with Gasteiger partial charge in [0, 0.05) is 12.6 Å². The van der Waals surface area contributed by atoms with Gasteiger partial charge >= 0.3 is 0 Å². The van der Waals surface area contributed by atoms with Gasteiger partial charge in [-0.3, -0.25) is 0 Å². The van der Waals surface area contributed by atoms with Gasteiger partial charge in [0.25, 0.3) is 0 Å². The molecule has 1 fully saturated rings. The predicted octanol–water partition coefficient (Wildman–Crippen LogP) is 1.42. The van der Waals surface area contributed by atoms with Gasteiger partial charge in [-0.05, 0) is 37.1 Å². The van der Waals surface area contributed by atoms with E-state index in [0.717, 1.165) is 19.4 Å². The maximum atomic E-state index is 12.7. The summed E-state index contributed by atoms with van der Waals surface area (Å²) < 4.78 is 39.2. The first-order valence-corrected chi connectivity index (χ1v) is 7.65. The molecule has 0 bridgehead atoms. The van der Waals surface area contributed by atoms with E-state index in [4.69, 9.17) is 0 Å². The van der Waals surface area contributed by atoms with Gasteiger partial charge in [0.05, 0.1) is 5.75 Å². The number of halogens is 2. The maximum Gasteiger partial charge on any atom is 0.216 e. The first kappa shape index (κ1) is 16.4. The first-order chi connectivity index (χ1) is 8.55. The Bertz CT molecular complexity index is 487. The van der Waals surface area contributed by atoms with Crippen LogP contribution in [0.4, 0.5) is 4.39 Å². The van der Waals surface area contributed by atoms with E-state index in [2.05, 4.69) is 10.0 Å².